The van der Waals surface area contributed by atoms with E-state index in [1.807, 2.05) is 26.0 Å². The van der Waals surface area contributed by atoms with Crippen LogP contribution in [0.1, 0.15) is 24.5 Å². The molecule has 0 aliphatic carbocycles. The van der Waals surface area contributed by atoms with Crippen molar-refractivity contribution in [1.29, 1.82) is 0 Å². The topological polar surface area (TPSA) is 66.5 Å². The smallest absolute Gasteiger partial charge is 0.248 e. The molecule has 0 saturated carbocycles. The van der Waals surface area contributed by atoms with Gasteiger partial charge in [-0.05, 0) is 61.7 Å². The van der Waals surface area contributed by atoms with Crippen LogP contribution in [-0.2, 0) is 14.8 Å². The molecule has 26 heavy (non-hydrogen) atoms. The molecule has 5 nitrogen and oxygen atoms in total. The third-order valence-electron chi connectivity index (χ3n) is 4.04. The summed E-state index contributed by atoms with van der Waals surface area (Å²) in [4.78, 5) is 12.8. The number of anilines is 2. The zero-order valence-corrected chi connectivity index (χ0v) is 16.9. The van der Waals surface area contributed by atoms with Crippen LogP contribution in [0, 0.1) is 13.8 Å². The van der Waals surface area contributed by atoms with Crippen LogP contribution in [0.4, 0.5) is 11.4 Å². The van der Waals surface area contributed by atoms with Gasteiger partial charge in [0.1, 0.15) is 6.04 Å². The average molecular weight is 395 g/mol. The molecule has 140 valence electrons. The summed E-state index contributed by atoms with van der Waals surface area (Å²) in [7, 11) is -3.66. The maximum Gasteiger partial charge on any atom is 0.248 e. The van der Waals surface area contributed by atoms with Gasteiger partial charge in [-0.1, -0.05) is 30.7 Å². The largest absolute Gasteiger partial charge is 0.324 e. The van der Waals surface area contributed by atoms with E-state index in [9.17, 15) is 13.2 Å². The second-order valence-corrected chi connectivity index (χ2v) is 8.56. The minimum atomic E-state index is -3.66. The SMILES string of the molecule is CCC(C(=O)Nc1ccc(Cl)cc1)N(c1cc(C)ccc1C)S(C)(=O)=O. The number of nitrogens with zero attached hydrogens (tertiary/aromatic N) is 1. The van der Waals surface area contributed by atoms with E-state index in [2.05, 4.69) is 5.32 Å². The highest BCUT2D eigenvalue weighted by Gasteiger charge is 2.32. The normalized spacial score (nSPS) is 12.5. The first-order valence-electron chi connectivity index (χ1n) is 8.26. The number of hydrogen-bond acceptors (Lipinski definition) is 3. The van der Waals surface area contributed by atoms with Crippen LogP contribution in [0.2, 0.25) is 5.02 Å². The van der Waals surface area contributed by atoms with Gasteiger partial charge in [-0.25, -0.2) is 8.42 Å². The van der Waals surface area contributed by atoms with Crippen LogP contribution >= 0.6 is 11.6 Å². The van der Waals surface area contributed by atoms with Gasteiger partial charge >= 0.3 is 0 Å². The van der Waals surface area contributed by atoms with Gasteiger partial charge < -0.3 is 5.32 Å². The highest BCUT2D eigenvalue weighted by Crippen LogP contribution is 2.28. The summed E-state index contributed by atoms with van der Waals surface area (Å²) >= 11 is 5.86. The van der Waals surface area contributed by atoms with Crippen LogP contribution in [0.25, 0.3) is 0 Å². The predicted octanol–water partition coefficient (Wildman–Crippen LogP) is 4.14. The van der Waals surface area contributed by atoms with Crippen LogP contribution in [0.3, 0.4) is 0 Å². The number of carbonyl (C=O) groups is 1. The number of benzene rings is 2. The van der Waals surface area contributed by atoms with Crippen molar-refractivity contribution in [1.82, 2.24) is 0 Å². The summed E-state index contributed by atoms with van der Waals surface area (Å²) in [5.41, 5.74) is 2.80. The second kappa shape index (κ2) is 8.10. The molecule has 1 amide bonds. The Morgan fingerprint density at radius 3 is 2.31 bits per heavy atom. The van der Waals surface area contributed by atoms with E-state index in [1.54, 1.807) is 37.3 Å². The number of hydrogen-bond donors (Lipinski definition) is 1. The van der Waals surface area contributed by atoms with Gasteiger partial charge in [-0.3, -0.25) is 9.10 Å². The molecule has 0 radical (unpaired) electrons. The van der Waals surface area contributed by atoms with Crippen molar-refractivity contribution in [3.05, 3.63) is 58.6 Å². The van der Waals surface area contributed by atoms with Crippen molar-refractivity contribution in [2.45, 2.75) is 33.2 Å². The van der Waals surface area contributed by atoms with Gasteiger partial charge in [0.05, 0.1) is 11.9 Å². The van der Waals surface area contributed by atoms with E-state index in [0.29, 0.717) is 22.8 Å². The van der Waals surface area contributed by atoms with Crippen molar-refractivity contribution in [3.63, 3.8) is 0 Å². The summed E-state index contributed by atoms with van der Waals surface area (Å²) in [5.74, 6) is -0.388. The zero-order valence-electron chi connectivity index (χ0n) is 15.3. The molecule has 0 heterocycles. The van der Waals surface area contributed by atoms with Crippen molar-refractivity contribution in [3.8, 4) is 0 Å². The van der Waals surface area contributed by atoms with Crippen LogP contribution in [0.5, 0.6) is 0 Å². The highest BCUT2D eigenvalue weighted by molar-refractivity contribution is 7.92. The molecule has 0 aliphatic rings. The Kier molecular flexibility index (Phi) is 6.31. The first-order chi connectivity index (χ1) is 12.1. The quantitative estimate of drug-likeness (QED) is 0.800. The van der Waals surface area contributed by atoms with Gasteiger partial charge in [-0.2, -0.15) is 0 Å². The summed E-state index contributed by atoms with van der Waals surface area (Å²) in [6.07, 6.45) is 1.45. The van der Waals surface area contributed by atoms with E-state index in [0.717, 1.165) is 17.4 Å². The molecule has 7 heteroatoms. The molecular weight excluding hydrogens is 372 g/mol. The number of nitrogens with one attached hydrogen (secondary N) is 1. The molecule has 0 aliphatic heterocycles. The van der Waals surface area contributed by atoms with Gasteiger partial charge in [0.2, 0.25) is 15.9 Å². The second-order valence-electron chi connectivity index (χ2n) is 6.27. The Hall–Kier alpha value is -2.05. The number of carbonyl (C=O) groups excluding carboxylic acids is 1. The van der Waals surface area contributed by atoms with Crippen LogP contribution in [0.15, 0.2) is 42.5 Å². The van der Waals surface area contributed by atoms with E-state index >= 15 is 0 Å². The van der Waals surface area contributed by atoms with Gasteiger partial charge in [0, 0.05) is 10.7 Å². The Morgan fingerprint density at radius 2 is 1.77 bits per heavy atom. The maximum atomic E-state index is 12.8. The van der Waals surface area contributed by atoms with Gasteiger partial charge in [0.25, 0.3) is 0 Å². The van der Waals surface area contributed by atoms with Crippen molar-refractivity contribution in [2.24, 2.45) is 0 Å². The van der Waals surface area contributed by atoms with Crippen LogP contribution < -0.4 is 9.62 Å². The molecule has 1 N–H and O–H groups in total. The molecule has 2 aromatic rings. The minimum absolute atomic E-state index is 0.333. The predicted molar refractivity (Wildman–Crippen MR) is 107 cm³/mol. The number of halogens is 1. The van der Waals surface area contributed by atoms with Crippen molar-refractivity contribution >= 4 is 38.9 Å². The van der Waals surface area contributed by atoms with Gasteiger partial charge in [0.15, 0.2) is 0 Å². The van der Waals surface area contributed by atoms with E-state index in [4.69, 9.17) is 11.6 Å². The van der Waals surface area contributed by atoms with Gasteiger partial charge in [-0.15, -0.1) is 0 Å². The Labute approximate surface area is 160 Å². The number of rotatable bonds is 6. The first kappa shape index (κ1) is 20.3. The molecule has 0 fully saturated rings. The lowest BCUT2D eigenvalue weighted by molar-refractivity contribution is -0.117. The summed E-state index contributed by atoms with van der Waals surface area (Å²) in [6, 6.07) is 11.4. The van der Waals surface area contributed by atoms with E-state index in [1.165, 1.54) is 4.31 Å². The Morgan fingerprint density at radius 1 is 1.15 bits per heavy atom. The molecule has 0 spiro atoms. The van der Waals surface area contributed by atoms with Crippen molar-refractivity contribution < 1.29 is 13.2 Å². The lowest BCUT2D eigenvalue weighted by Gasteiger charge is -2.31. The molecule has 1 atom stereocenters. The molecule has 1 unspecified atom stereocenters. The van der Waals surface area contributed by atoms with E-state index in [-0.39, 0.29) is 5.91 Å². The Balaban J connectivity index is 2.42. The number of sulfonamides is 1. The minimum Gasteiger partial charge on any atom is -0.324 e. The summed E-state index contributed by atoms with van der Waals surface area (Å²) < 4.78 is 26.3. The molecular formula is C19H23ClN2O3S. The lowest BCUT2D eigenvalue weighted by atomic mass is 10.1. The van der Waals surface area contributed by atoms with Crippen molar-refractivity contribution in [2.75, 3.05) is 15.9 Å². The van der Waals surface area contributed by atoms with E-state index < -0.39 is 16.1 Å². The number of aryl methyl sites for hydroxylation is 2. The van der Waals surface area contributed by atoms with Crippen LogP contribution in [-0.4, -0.2) is 26.6 Å². The lowest BCUT2D eigenvalue weighted by Crippen LogP contribution is -2.47. The molecule has 0 saturated heterocycles. The molecule has 0 bridgehead atoms. The fourth-order valence-electron chi connectivity index (χ4n) is 2.75. The standard InChI is InChI=1S/C19H23ClN2O3S/c1-5-17(19(23)21-16-10-8-15(20)9-11-16)22(26(4,24)25)18-12-13(2)6-7-14(18)3/h6-12,17H,5H2,1-4H3,(H,21,23). The monoisotopic (exact) mass is 394 g/mol. The summed E-state index contributed by atoms with van der Waals surface area (Å²) in [5, 5.41) is 3.33. The molecule has 0 aromatic heterocycles. The molecule has 2 rings (SSSR count). The fourth-order valence-corrected chi connectivity index (χ4v) is 4.14. The zero-order chi connectivity index (χ0) is 19.5. The Bertz CT molecular complexity index is 896. The average Bonchev–Trinajstić information content (AvgIpc) is 2.56. The highest BCUT2D eigenvalue weighted by atomic mass is 35.5. The molecule has 2 aromatic carbocycles. The summed E-state index contributed by atoms with van der Waals surface area (Å²) in [6.45, 7) is 5.50. The first-order valence-corrected chi connectivity index (χ1v) is 10.5. The third-order valence-corrected chi connectivity index (χ3v) is 5.46. The maximum absolute atomic E-state index is 12.8. The fraction of sp³-hybridized carbons (Fsp3) is 0.316. The number of amides is 1. The third kappa shape index (κ3) is 4.77.